The minimum absolute atomic E-state index is 0.00957. The first-order chi connectivity index (χ1) is 19.3. The van der Waals surface area contributed by atoms with Gasteiger partial charge in [-0.2, -0.15) is 0 Å². The molecule has 4 nitrogen and oxygen atoms in total. The molecule has 0 amide bonds. The molecule has 0 saturated heterocycles. The molecule has 0 spiro atoms. The first kappa shape index (κ1) is 27.7. The SMILES string of the molecule is C=CCC(C)C(=O)CP1(=O)N(Cc2ccccc2)c2cccc(C)c2-c2c(C)cccc2N1Cc1ccccc1. The maximum absolute atomic E-state index is 16.0. The van der Waals surface area contributed by atoms with Gasteiger partial charge in [-0.3, -0.25) is 9.36 Å². The summed E-state index contributed by atoms with van der Waals surface area (Å²) in [6.45, 7) is 10.8. The summed E-state index contributed by atoms with van der Waals surface area (Å²) >= 11 is 0. The Morgan fingerprint density at radius 1 is 0.750 bits per heavy atom. The summed E-state index contributed by atoms with van der Waals surface area (Å²) < 4.78 is 20.1. The number of fused-ring (bicyclic) bond motifs is 3. The Labute approximate surface area is 238 Å². The highest BCUT2D eigenvalue weighted by atomic mass is 31.2. The van der Waals surface area contributed by atoms with Gasteiger partial charge in [0.25, 0.3) is 7.44 Å². The van der Waals surface area contributed by atoms with Gasteiger partial charge in [-0.1, -0.05) is 97.9 Å². The number of rotatable bonds is 9. The summed E-state index contributed by atoms with van der Waals surface area (Å²) in [5.74, 6) is -0.276. The zero-order valence-electron chi connectivity index (χ0n) is 23.6. The molecule has 0 fully saturated rings. The van der Waals surface area contributed by atoms with Crippen molar-refractivity contribution in [1.82, 2.24) is 0 Å². The Morgan fingerprint density at radius 3 is 1.62 bits per heavy atom. The van der Waals surface area contributed by atoms with Crippen LogP contribution in [0.4, 0.5) is 11.4 Å². The van der Waals surface area contributed by atoms with Crippen molar-refractivity contribution in [3.8, 4) is 11.1 Å². The molecular weight excluding hydrogens is 511 g/mol. The lowest BCUT2D eigenvalue weighted by Crippen LogP contribution is -2.35. The van der Waals surface area contributed by atoms with Crippen LogP contribution in [0, 0.1) is 19.8 Å². The van der Waals surface area contributed by atoms with Crippen LogP contribution in [0.5, 0.6) is 0 Å². The molecule has 1 atom stereocenters. The molecule has 1 aliphatic rings. The highest BCUT2D eigenvalue weighted by Gasteiger charge is 2.45. The Balaban J connectivity index is 1.81. The number of aryl methyl sites for hydroxylation is 2. The number of hydrogen-bond donors (Lipinski definition) is 0. The third-order valence-corrected chi connectivity index (χ3v) is 10.8. The monoisotopic (exact) mass is 548 g/mol. The molecule has 1 unspecified atom stereocenters. The number of hydrogen-bond acceptors (Lipinski definition) is 2. The first-order valence-electron chi connectivity index (χ1n) is 13.9. The number of nitrogens with zero attached hydrogens (tertiary/aromatic N) is 2. The van der Waals surface area contributed by atoms with Gasteiger partial charge in [0.05, 0.1) is 30.6 Å². The van der Waals surface area contributed by atoms with Crippen LogP contribution in [-0.4, -0.2) is 11.9 Å². The Bertz CT molecular complexity index is 1460. The summed E-state index contributed by atoms with van der Waals surface area (Å²) in [6, 6.07) is 32.7. The quantitative estimate of drug-likeness (QED) is 0.155. The van der Waals surface area contributed by atoms with E-state index < -0.39 is 7.44 Å². The Morgan fingerprint density at radius 2 is 1.20 bits per heavy atom. The summed E-state index contributed by atoms with van der Waals surface area (Å²) in [5.41, 5.74) is 8.29. The van der Waals surface area contributed by atoms with Crippen LogP contribution in [0.15, 0.2) is 110 Å². The fourth-order valence-electron chi connectivity index (χ4n) is 5.67. The molecule has 1 heterocycles. The van der Waals surface area contributed by atoms with Crippen molar-refractivity contribution in [2.24, 2.45) is 5.92 Å². The number of allylic oxidation sites excluding steroid dienone is 1. The van der Waals surface area contributed by atoms with E-state index in [2.05, 4.69) is 69.0 Å². The lowest BCUT2D eigenvalue weighted by Gasteiger charge is -2.41. The zero-order valence-corrected chi connectivity index (χ0v) is 24.5. The highest BCUT2D eigenvalue weighted by molar-refractivity contribution is 7.68. The lowest BCUT2D eigenvalue weighted by atomic mass is 9.93. The van der Waals surface area contributed by atoms with Gasteiger partial charge in [0.1, 0.15) is 5.78 Å². The number of carbonyl (C=O) groups excluding carboxylic acids is 1. The van der Waals surface area contributed by atoms with Crippen LogP contribution in [-0.2, 0) is 22.4 Å². The fourth-order valence-corrected chi connectivity index (χ4v) is 8.76. The Kier molecular flexibility index (Phi) is 8.09. The minimum atomic E-state index is -3.56. The van der Waals surface area contributed by atoms with Crippen molar-refractivity contribution in [3.63, 3.8) is 0 Å². The van der Waals surface area contributed by atoms with Crippen molar-refractivity contribution in [2.45, 2.75) is 40.3 Å². The van der Waals surface area contributed by atoms with E-state index in [-0.39, 0.29) is 17.9 Å². The van der Waals surface area contributed by atoms with Crippen LogP contribution in [0.3, 0.4) is 0 Å². The largest absolute Gasteiger partial charge is 0.301 e. The average molecular weight is 549 g/mol. The number of carbonyl (C=O) groups is 1. The molecular formula is C35H37N2O2P. The van der Waals surface area contributed by atoms with Gasteiger partial charge in [0.2, 0.25) is 0 Å². The molecule has 0 aliphatic carbocycles. The van der Waals surface area contributed by atoms with E-state index in [1.807, 2.05) is 64.8 Å². The van der Waals surface area contributed by atoms with E-state index in [1.165, 1.54) is 0 Å². The van der Waals surface area contributed by atoms with Crippen LogP contribution < -0.4 is 9.34 Å². The molecule has 204 valence electrons. The van der Waals surface area contributed by atoms with Gasteiger partial charge >= 0.3 is 0 Å². The summed E-state index contributed by atoms with van der Waals surface area (Å²) in [4.78, 5) is 13.8. The number of benzene rings is 4. The normalized spacial score (nSPS) is 14.6. The molecule has 4 aromatic rings. The maximum Gasteiger partial charge on any atom is 0.270 e. The van der Waals surface area contributed by atoms with Gasteiger partial charge in [-0.25, -0.2) is 0 Å². The predicted molar refractivity (Wildman–Crippen MR) is 168 cm³/mol. The van der Waals surface area contributed by atoms with Gasteiger partial charge in [0, 0.05) is 17.0 Å². The molecule has 1 aliphatic heterocycles. The van der Waals surface area contributed by atoms with Crippen molar-refractivity contribution in [3.05, 3.63) is 132 Å². The third-order valence-electron chi connectivity index (χ3n) is 7.84. The van der Waals surface area contributed by atoms with E-state index in [0.29, 0.717) is 19.5 Å². The minimum Gasteiger partial charge on any atom is -0.301 e. The topological polar surface area (TPSA) is 40.6 Å². The van der Waals surface area contributed by atoms with Crippen LogP contribution in [0.1, 0.15) is 35.6 Å². The third kappa shape index (κ3) is 5.29. The van der Waals surface area contributed by atoms with Gasteiger partial charge < -0.3 is 9.34 Å². The van der Waals surface area contributed by atoms with Crippen LogP contribution >= 0.6 is 7.44 Å². The van der Waals surface area contributed by atoms with Gasteiger partial charge in [0.15, 0.2) is 0 Å². The van der Waals surface area contributed by atoms with Crippen molar-refractivity contribution < 1.29 is 9.36 Å². The predicted octanol–water partition coefficient (Wildman–Crippen LogP) is 8.97. The zero-order chi connectivity index (χ0) is 28.3. The molecule has 5 heteroatoms. The van der Waals surface area contributed by atoms with E-state index in [4.69, 9.17) is 0 Å². The van der Waals surface area contributed by atoms with Gasteiger partial charge in [-0.15, -0.1) is 6.58 Å². The van der Waals surface area contributed by atoms with Crippen molar-refractivity contribution in [2.75, 3.05) is 15.5 Å². The molecule has 0 bridgehead atoms. The van der Waals surface area contributed by atoms with E-state index in [9.17, 15) is 4.79 Å². The molecule has 5 rings (SSSR count). The average Bonchev–Trinajstić information content (AvgIpc) is 3.03. The molecule has 0 saturated carbocycles. The standard InChI is InChI=1S/C35H37N2O2P/c1-5-14-26(2)33(38)25-40(39)36(23-29-17-8-6-9-18-29)31-21-12-15-27(3)34(31)35-28(4)16-13-22-32(35)37(40)24-30-19-10-7-11-20-30/h5-13,15-22,26H,1,14,23-25H2,2-4H3. The lowest BCUT2D eigenvalue weighted by molar-refractivity contribution is -0.119. The first-order valence-corrected chi connectivity index (χ1v) is 15.7. The van der Waals surface area contributed by atoms with Gasteiger partial charge in [-0.05, 0) is 54.7 Å². The van der Waals surface area contributed by atoms with Crippen LogP contribution in [0.2, 0.25) is 0 Å². The molecule has 0 N–H and O–H groups in total. The summed E-state index contributed by atoms with van der Waals surface area (Å²) in [6.07, 6.45) is 2.27. The second-order valence-corrected chi connectivity index (χ2v) is 13.4. The van der Waals surface area contributed by atoms with E-state index in [0.717, 1.165) is 44.8 Å². The van der Waals surface area contributed by atoms with E-state index in [1.54, 1.807) is 6.08 Å². The number of anilines is 2. The van der Waals surface area contributed by atoms with Crippen molar-refractivity contribution >= 4 is 24.6 Å². The molecule has 4 aromatic carbocycles. The molecule has 40 heavy (non-hydrogen) atoms. The van der Waals surface area contributed by atoms with Crippen molar-refractivity contribution in [1.29, 1.82) is 0 Å². The second-order valence-electron chi connectivity index (χ2n) is 10.7. The second kappa shape index (κ2) is 11.7. The number of ketones is 1. The summed E-state index contributed by atoms with van der Waals surface area (Å²) in [5, 5.41) is 0. The highest BCUT2D eigenvalue weighted by Crippen LogP contribution is 2.64. The van der Waals surface area contributed by atoms with Crippen LogP contribution in [0.25, 0.3) is 11.1 Å². The Hall–Kier alpha value is -3.88. The molecule has 0 aromatic heterocycles. The maximum atomic E-state index is 16.0. The van der Waals surface area contributed by atoms with E-state index >= 15 is 4.57 Å². The number of Topliss-reactive ketones (excluding diaryl/α,β-unsaturated/α-hetero) is 1. The molecule has 0 radical (unpaired) electrons. The fraction of sp³-hybridized carbons (Fsp3) is 0.229. The summed E-state index contributed by atoms with van der Waals surface area (Å²) in [7, 11) is -3.56. The smallest absolute Gasteiger partial charge is 0.270 e.